The van der Waals surface area contributed by atoms with E-state index in [2.05, 4.69) is 16.7 Å². The summed E-state index contributed by atoms with van der Waals surface area (Å²) < 4.78 is 12.9. The molecular formula is C19H20FN3O2. The molecule has 0 bridgehead atoms. The van der Waals surface area contributed by atoms with Crippen molar-refractivity contribution in [2.24, 2.45) is 0 Å². The minimum Gasteiger partial charge on any atom is -0.326 e. The van der Waals surface area contributed by atoms with Crippen LogP contribution < -0.4 is 15.5 Å². The van der Waals surface area contributed by atoms with Gasteiger partial charge >= 0.3 is 6.03 Å². The zero-order valence-electron chi connectivity index (χ0n) is 14.2. The molecule has 1 aliphatic heterocycles. The molecule has 2 aromatic carbocycles. The Morgan fingerprint density at radius 2 is 1.76 bits per heavy atom. The normalized spacial score (nSPS) is 16.8. The number of carbonyl (C=O) groups excluding carboxylic acids is 2. The first-order valence-electron chi connectivity index (χ1n) is 8.15. The Bertz CT molecular complexity index is 785. The number of nitrogens with zero attached hydrogens (tertiary/aromatic N) is 1. The van der Waals surface area contributed by atoms with Gasteiger partial charge in [-0.25, -0.2) is 9.18 Å². The second-order valence-corrected chi connectivity index (χ2v) is 6.28. The van der Waals surface area contributed by atoms with E-state index in [0.717, 1.165) is 16.8 Å². The number of hydrogen-bond acceptors (Lipinski definition) is 2. The van der Waals surface area contributed by atoms with Gasteiger partial charge in [-0.2, -0.15) is 0 Å². The summed E-state index contributed by atoms with van der Waals surface area (Å²) in [5.74, 6) is -0.500. The molecule has 130 valence electrons. The number of anilines is 2. The van der Waals surface area contributed by atoms with Gasteiger partial charge in [-0.15, -0.1) is 0 Å². The van der Waals surface area contributed by atoms with Crippen LogP contribution in [0.3, 0.4) is 0 Å². The summed E-state index contributed by atoms with van der Waals surface area (Å²) in [5.41, 5.74) is 3.50. The van der Waals surface area contributed by atoms with E-state index in [1.165, 1.54) is 24.3 Å². The van der Waals surface area contributed by atoms with E-state index in [9.17, 15) is 14.0 Å². The minimum absolute atomic E-state index is 0.126. The quantitative estimate of drug-likeness (QED) is 0.899. The molecule has 1 heterocycles. The Morgan fingerprint density at radius 3 is 2.40 bits per heavy atom. The largest absolute Gasteiger partial charge is 0.326 e. The van der Waals surface area contributed by atoms with E-state index in [-0.39, 0.29) is 11.7 Å². The number of rotatable bonds is 3. The Labute approximate surface area is 145 Å². The van der Waals surface area contributed by atoms with Gasteiger partial charge < -0.3 is 15.5 Å². The molecule has 5 nitrogen and oxygen atoms in total. The van der Waals surface area contributed by atoms with Crippen molar-refractivity contribution in [2.45, 2.75) is 26.3 Å². The molecule has 3 rings (SSSR count). The molecule has 25 heavy (non-hydrogen) atoms. The van der Waals surface area contributed by atoms with Gasteiger partial charge in [0.1, 0.15) is 11.9 Å². The summed E-state index contributed by atoms with van der Waals surface area (Å²) in [5, 5.41) is 5.29. The molecule has 1 saturated heterocycles. The van der Waals surface area contributed by atoms with Crippen LogP contribution in [0, 0.1) is 19.7 Å². The van der Waals surface area contributed by atoms with Crippen molar-refractivity contribution in [1.82, 2.24) is 5.32 Å². The maximum absolute atomic E-state index is 12.9. The maximum atomic E-state index is 12.9. The van der Waals surface area contributed by atoms with Crippen LogP contribution in [0.15, 0.2) is 42.5 Å². The number of hydrogen-bond donors (Lipinski definition) is 2. The van der Waals surface area contributed by atoms with Gasteiger partial charge in [0.2, 0.25) is 5.91 Å². The van der Waals surface area contributed by atoms with Crippen LogP contribution >= 0.6 is 0 Å². The van der Waals surface area contributed by atoms with E-state index in [4.69, 9.17) is 0 Å². The average molecular weight is 341 g/mol. The predicted molar refractivity (Wildman–Crippen MR) is 95.2 cm³/mol. The molecule has 0 saturated carbocycles. The molecule has 1 atom stereocenters. The zero-order chi connectivity index (χ0) is 18.0. The van der Waals surface area contributed by atoms with Crippen molar-refractivity contribution >= 4 is 23.3 Å². The Kier molecular flexibility index (Phi) is 4.70. The first-order valence-corrected chi connectivity index (χ1v) is 8.15. The molecule has 0 radical (unpaired) electrons. The highest BCUT2D eigenvalue weighted by Crippen LogP contribution is 2.24. The van der Waals surface area contributed by atoms with Gasteiger partial charge in [-0.3, -0.25) is 4.79 Å². The lowest BCUT2D eigenvalue weighted by atomic mass is 10.1. The van der Waals surface area contributed by atoms with Crippen molar-refractivity contribution in [3.63, 3.8) is 0 Å². The van der Waals surface area contributed by atoms with Crippen molar-refractivity contribution in [3.8, 4) is 0 Å². The lowest BCUT2D eigenvalue weighted by Crippen LogP contribution is -2.43. The fourth-order valence-electron chi connectivity index (χ4n) is 3.04. The molecule has 3 amide bonds. The van der Waals surface area contributed by atoms with Crippen LogP contribution in [0.2, 0.25) is 0 Å². The van der Waals surface area contributed by atoms with Crippen molar-refractivity contribution < 1.29 is 14.0 Å². The topological polar surface area (TPSA) is 61.4 Å². The number of aryl methyl sites for hydroxylation is 2. The van der Waals surface area contributed by atoms with Gasteiger partial charge in [0.25, 0.3) is 0 Å². The van der Waals surface area contributed by atoms with Crippen LogP contribution in [0.1, 0.15) is 17.5 Å². The first kappa shape index (κ1) is 17.0. The van der Waals surface area contributed by atoms with Crippen LogP contribution in [0.5, 0.6) is 0 Å². The number of amides is 3. The van der Waals surface area contributed by atoms with E-state index in [0.29, 0.717) is 18.7 Å². The zero-order valence-corrected chi connectivity index (χ0v) is 14.2. The SMILES string of the molecule is Cc1cc(C)cc(N2CC[C@@H](NC(=O)Nc3ccc(F)cc3)C2=O)c1. The number of urea groups is 1. The van der Waals surface area contributed by atoms with Crippen LogP contribution in [0.4, 0.5) is 20.6 Å². The minimum atomic E-state index is -0.568. The monoisotopic (exact) mass is 341 g/mol. The Morgan fingerprint density at radius 1 is 1.12 bits per heavy atom. The molecule has 1 fully saturated rings. The molecule has 0 spiro atoms. The summed E-state index contributed by atoms with van der Waals surface area (Å²) in [6.07, 6.45) is 0.544. The molecular weight excluding hydrogens is 321 g/mol. The standard InChI is InChI=1S/C19H20FN3O2/c1-12-9-13(2)11-16(10-12)23-8-7-17(18(23)24)22-19(25)21-15-5-3-14(20)4-6-15/h3-6,9-11,17H,7-8H2,1-2H3,(H2,21,22,25)/t17-/m1/s1. The Balaban J connectivity index is 1.63. The second-order valence-electron chi connectivity index (χ2n) is 6.28. The van der Waals surface area contributed by atoms with Gasteiger partial charge in [0.15, 0.2) is 0 Å². The number of carbonyl (C=O) groups is 2. The smallest absolute Gasteiger partial charge is 0.319 e. The summed E-state index contributed by atoms with van der Waals surface area (Å²) in [4.78, 5) is 26.4. The van der Waals surface area contributed by atoms with Crippen LogP contribution in [0.25, 0.3) is 0 Å². The summed E-state index contributed by atoms with van der Waals surface area (Å²) >= 11 is 0. The fraction of sp³-hybridized carbons (Fsp3) is 0.263. The van der Waals surface area contributed by atoms with Crippen molar-refractivity contribution in [3.05, 3.63) is 59.4 Å². The molecule has 2 N–H and O–H groups in total. The van der Waals surface area contributed by atoms with Crippen LogP contribution in [-0.4, -0.2) is 24.5 Å². The third-order valence-corrected chi connectivity index (χ3v) is 4.13. The number of nitrogens with one attached hydrogen (secondary N) is 2. The maximum Gasteiger partial charge on any atom is 0.319 e. The molecule has 0 aliphatic carbocycles. The molecule has 0 aromatic heterocycles. The van der Waals surface area contributed by atoms with Crippen LogP contribution in [-0.2, 0) is 4.79 Å². The lowest BCUT2D eigenvalue weighted by molar-refractivity contribution is -0.118. The highest BCUT2D eigenvalue weighted by molar-refractivity contribution is 6.02. The summed E-state index contributed by atoms with van der Waals surface area (Å²) in [6.45, 7) is 4.54. The average Bonchev–Trinajstić information content (AvgIpc) is 2.89. The molecule has 0 unspecified atom stereocenters. The van der Waals surface area contributed by atoms with E-state index < -0.39 is 12.1 Å². The molecule has 2 aromatic rings. The number of halogens is 1. The van der Waals surface area contributed by atoms with Gasteiger partial charge in [-0.1, -0.05) is 6.07 Å². The van der Waals surface area contributed by atoms with E-state index in [1.54, 1.807) is 4.90 Å². The van der Waals surface area contributed by atoms with E-state index in [1.807, 2.05) is 26.0 Å². The van der Waals surface area contributed by atoms with Crippen molar-refractivity contribution in [2.75, 3.05) is 16.8 Å². The fourth-order valence-corrected chi connectivity index (χ4v) is 3.04. The predicted octanol–water partition coefficient (Wildman–Crippen LogP) is 3.37. The highest BCUT2D eigenvalue weighted by Gasteiger charge is 2.33. The molecule has 6 heteroatoms. The first-order chi connectivity index (χ1) is 11.9. The highest BCUT2D eigenvalue weighted by atomic mass is 19.1. The van der Waals surface area contributed by atoms with Gasteiger partial charge in [0, 0.05) is 17.9 Å². The van der Waals surface area contributed by atoms with Crippen molar-refractivity contribution in [1.29, 1.82) is 0 Å². The van der Waals surface area contributed by atoms with Gasteiger partial charge in [-0.05, 0) is 67.8 Å². The van der Waals surface area contributed by atoms with Gasteiger partial charge in [0.05, 0.1) is 0 Å². The number of benzene rings is 2. The third kappa shape index (κ3) is 3.96. The Hall–Kier alpha value is -2.89. The van der Waals surface area contributed by atoms with E-state index >= 15 is 0 Å². The lowest BCUT2D eigenvalue weighted by Gasteiger charge is -2.18. The second kappa shape index (κ2) is 6.93. The summed E-state index contributed by atoms with van der Waals surface area (Å²) in [6, 6.07) is 10.4. The summed E-state index contributed by atoms with van der Waals surface area (Å²) in [7, 11) is 0. The molecule has 1 aliphatic rings. The third-order valence-electron chi connectivity index (χ3n) is 4.13.